The zero-order valence-electron chi connectivity index (χ0n) is 10.3. The second kappa shape index (κ2) is 3.67. The second-order valence-electron chi connectivity index (χ2n) is 6.14. The lowest BCUT2D eigenvalue weighted by Gasteiger charge is -2.26. The number of carbonyl (C=O) groups excluding carboxylic acids is 1. The van der Waals surface area contributed by atoms with Gasteiger partial charge in [-0.25, -0.2) is 0 Å². The molecular weight excluding hydrogens is 172 g/mol. The largest absolute Gasteiger partial charge is 0.300 e. The van der Waals surface area contributed by atoms with Crippen molar-refractivity contribution in [2.45, 2.75) is 60.3 Å². The van der Waals surface area contributed by atoms with E-state index in [1.807, 2.05) is 0 Å². The number of carbonyl (C=O) groups is 1. The Hall–Kier alpha value is -0.330. The fourth-order valence-corrected chi connectivity index (χ4v) is 3.15. The molecule has 0 spiro atoms. The maximum absolute atomic E-state index is 11.2. The van der Waals surface area contributed by atoms with Crippen LogP contribution in [0.2, 0.25) is 0 Å². The molecule has 0 aromatic carbocycles. The Morgan fingerprint density at radius 3 is 2.29 bits per heavy atom. The molecule has 0 aliphatic heterocycles. The lowest BCUT2D eigenvalue weighted by Crippen LogP contribution is -2.19. The molecule has 0 N–H and O–H groups in total. The Morgan fingerprint density at radius 2 is 1.93 bits per heavy atom. The highest BCUT2D eigenvalue weighted by Crippen LogP contribution is 2.55. The first-order valence-corrected chi connectivity index (χ1v) is 5.78. The molecule has 14 heavy (non-hydrogen) atoms. The normalized spacial score (nSPS) is 35.9. The van der Waals surface area contributed by atoms with E-state index in [1.165, 1.54) is 19.3 Å². The molecule has 1 fully saturated rings. The molecule has 0 amide bonds. The molecule has 0 saturated heterocycles. The van der Waals surface area contributed by atoms with E-state index in [2.05, 4.69) is 27.7 Å². The Labute approximate surface area is 88.3 Å². The van der Waals surface area contributed by atoms with Gasteiger partial charge in [0.1, 0.15) is 5.78 Å². The van der Waals surface area contributed by atoms with Crippen molar-refractivity contribution in [1.82, 2.24) is 0 Å². The molecule has 1 aliphatic carbocycles. The Balaban J connectivity index is 2.73. The van der Waals surface area contributed by atoms with Crippen LogP contribution in [0.25, 0.3) is 0 Å². The highest BCUT2D eigenvalue weighted by molar-refractivity contribution is 5.75. The van der Waals surface area contributed by atoms with Gasteiger partial charge in [-0.3, -0.25) is 0 Å². The summed E-state index contributed by atoms with van der Waals surface area (Å²) >= 11 is 0. The van der Waals surface area contributed by atoms with Crippen molar-refractivity contribution in [3.8, 4) is 0 Å². The Bertz CT molecular complexity index is 229. The molecule has 1 aliphatic rings. The SMILES string of the molecule is CCC1(C)CC(CC(C)=O)C(C)(C)C1. The van der Waals surface area contributed by atoms with Crippen LogP contribution in [-0.4, -0.2) is 5.78 Å². The van der Waals surface area contributed by atoms with Crippen LogP contribution >= 0.6 is 0 Å². The summed E-state index contributed by atoms with van der Waals surface area (Å²) in [5.41, 5.74) is 0.833. The molecule has 1 rings (SSSR count). The minimum absolute atomic E-state index is 0.350. The average molecular weight is 196 g/mol. The van der Waals surface area contributed by atoms with Gasteiger partial charge in [-0.05, 0) is 36.5 Å². The fraction of sp³-hybridized carbons (Fsp3) is 0.923. The van der Waals surface area contributed by atoms with Crippen LogP contribution < -0.4 is 0 Å². The van der Waals surface area contributed by atoms with Crippen LogP contribution in [0.3, 0.4) is 0 Å². The van der Waals surface area contributed by atoms with Crippen LogP contribution in [0.4, 0.5) is 0 Å². The smallest absolute Gasteiger partial charge is 0.130 e. The molecule has 82 valence electrons. The maximum atomic E-state index is 11.2. The zero-order valence-corrected chi connectivity index (χ0v) is 10.3. The minimum atomic E-state index is 0.350. The number of ketones is 1. The molecule has 1 saturated carbocycles. The van der Waals surface area contributed by atoms with Gasteiger partial charge >= 0.3 is 0 Å². The van der Waals surface area contributed by atoms with E-state index < -0.39 is 0 Å². The Kier molecular flexibility index (Phi) is 3.08. The summed E-state index contributed by atoms with van der Waals surface area (Å²) in [6.45, 7) is 11.0. The summed E-state index contributed by atoms with van der Waals surface area (Å²) in [4.78, 5) is 11.2. The van der Waals surface area contributed by atoms with Crippen LogP contribution in [0.5, 0.6) is 0 Å². The van der Waals surface area contributed by atoms with Crippen molar-refractivity contribution in [3.05, 3.63) is 0 Å². The third-order valence-corrected chi connectivity index (χ3v) is 4.11. The van der Waals surface area contributed by atoms with Gasteiger partial charge in [0.2, 0.25) is 0 Å². The van der Waals surface area contributed by atoms with Gasteiger partial charge in [0.25, 0.3) is 0 Å². The highest BCUT2D eigenvalue weighted by atomic mass is 16.1. The first-order chi connectivity index (χ1) is 6.29. The fourth-order valence-electron chi connectivity index (χ4n) is 3.15. The summed E-state index contributed by atoms with van der Waals surface area (Å²) < 4.78 is 0. The Morgan fingerprint density at radius 1 is 1.36 bits per heavy atom. The van der Waals surface area contributed by atoms with E-state index in [-0.39, 0.29) is 0 Å². The first-order valence-electron chi connectivity index (χ1n) is 5.78. The first kappa shape index (κ1) is 11.7. The van der Waals surface area contributed by atoms with Crippen LogP contribution in [0, 0.1) is 16.7 Å². The van der Waals surface area contributed by atoms with E-state index in [1.54, 1.807) is 6.92 Å². The topological polar surface area (TPSA) is 17.1 Å². The molecule has 0 heterocycles. The number of Topliss-reactive ketones (excluding diaryl/α,β-unsaturated/α-hetero) is 1. The molecule has 1 nitrogen and oxygen atoms in total. The summed E-state index contributed by atoms with van der Waals surface area (Å²) in [7, 11) is 0. The van der Waals surface area contributed by atoms with Crippen molar-refractivity contribution in [3.63, 3.8) is 0 Å². The van der Waals surface area contributed by atoms with Gasteiger partial charge in [-0.1, -0.05) is 34.1 Å². The lowest BCUT2D eigenvalue weighted by molar-refractivity contribution is -0.118. The van der Waals surface area contributed by atoms with E-state index in [9.17, 15) is 4.79 Å². The summed E-state index contributed by atoms with van der Waals surface area (Å²) in [6.07, 6.45) is 4.53. The lowest BCUT2D eigenvalue weighted by atomic mass is 9.78. The molecule has 0 aromatic heterocycles. The quantitative estimate of drug-likeness (QED) is 0.670. The number of rotatable bonds is 3. The van der Waals surface area contributed by atoms with E-state index in [4.69, 9.17) is 0 Å². The third-order valence-electron chi connectivity index (χ3n) is 4.11. The summed E-state index contributed by atoms with van der Waals surface area (Å²) in [5.74, 6) is 0.952. The highest BCUT2D eigenvalue weighted by Gasteiger charge is 2.45. The van der Waals surface area contributed by atoms with Crippen molar-refractivity contribution in [2.75, 3.05) is 0 Å². The van der Waals surface area contributed by atoms with E-state index >= 15 is 0 Å². The van der Waals surface area contributed by atoms with Gasteiger partial charge in [-0.2, -0.15) is 0 Å². The molecule has 2 atom stereocenters. The van der Waals surface area contributed by atoms with Crippen molar-refractivity contribution in [2.24, 2.45) is 16.7 Å². The molecule has 0 aromatic rings. The van der Waals surface area contributed by atoms with Crippen LogP contribution in [0.15, 0.2) is 0 Å². The molecule has 1 heteroatoms. The third kappa shape index (κ3) is 2.37. The second-order valence-corrected chi connectivity index (χ2v) is 6.14. The molecule has 2 unspecified atom stereocenters. The van der Waals surface area contributed by atoms with Crippen LogP contribution in [0.1, 0.15) is 60.3 Å². The maximum Gasteiger partial charge on any atom is 0.130 e. The van der Waals surface area contributed by atoms with Crippen LogP contribution in [-0.2, 0) is 4.79 Å². The summed E-state index contributed by atoms with van der Waals surface area (Å²) in [6, 6.07) is 0. The standard InChI is InChI=1S/C13H24O/c1-6-13(5)8-11(7-10(2)14)12(3,4)9-13/h11H,6-9H2,1-5H3. The van der Waals surface area contributed by atoms with Crippen molar-refractivity contribution >= 4 is 5.78 Å². The van der Waals surface area contributed by atoms with E-state index in [0.29, 0.717) is 22.5 Å². The molecule has 0 bridgehead atoms. The predicted octanol–water partition coefficient (Wildman–Crippen LogP) is 3.82. The minimum Gasteiger partial charge on any atom is -0.300 e. The van der Waals surface area contributed by atoms with Crippen molar-refractivity contribution in [1.29, 1.82) is 0 Å². The summed E-state index contributed by atoms with van der Waals surface area (Å²) in [5, 5.41) is 0. The van der Waals surface area contributed by atoms with Gasteiger partial charge in [0.15, 0.2) is 0 Å². The van der Waals surface area contributed by atoms with Gasteiger partial charge in [0, 0.05) is 6.42 Å². The molecular formula is C13H24O. The predicted molar refractivity (Wildman–Crippen MR) is 60.2 cm³/mol. The number of hydrogen-bond acceptors (Lipinski definition) is 1. The van der Waals surface area contributed by atoms with Gasteiger partial charge in [-0.15, -0.1) is 0 Å². The van der Waals surface area contributed by atoms with Gasteiger partial charge in [0.05, 0.1) is 0 Å². The van der Waals surface area contributed by atoms with Crippen molar-refractivity contribution < 1.29 is 4.79 Å². The average Bonchev–Trinajstić information content (AvgIpc) is 2.22. The number of hydrogen-bond donors (Lipinski definition) is 0. The van der Waals surface area contributed by atoms with Gasteiger partial charge < -0.3 is 4.79 Å². The zero-order chi connectivity index (χ0) is 11.0. The molecule has 0 radical (unpaired) electrons. The van der Waals surface area contributed by atoms with E-state index in [0.717, 1.165) is 6.42 Å². The monoisotopic (exact) mass is 196 g/mol.